The van der Waals surface area contributed by atoms with Gasteiger partial charge in [0.15, 0.2) is 0 Å². The zero-order chi connectivity index (χ0) is 21.6. The van der Waals surface area contributed by atoms with E-state index in [0.29, 0.717) is 45.2 Å². The van der Waals surface area contributed by atoms with Crippen LogP contribution in [-0.2, 0) is 9.59 Å². The van der Waals surface area contributed by atoms with E-state index >= 15 is 0 Å². The molecule has 2 rings (SSSR count). The Bertz CT molecular complexity index is 659. The zero-order valence-electron chi connectivity index (χ0n) is 18.4. The fraction of sp³-hybridized carbons (Fsp3) is 0.652. The first kappa shape index (κ1) is 23.4. The Morgan fingerprint density at radius 3 is 2.03 bits per heavy atom. The SMILES string of the molecule is C=C[C@]1(C)CC[C@@H]2C[C@H]1C(=C)CNC(=O)CN(C)CCN(C)CC(=O)NCC2=C. The van der Waals surface area contributed by atoms with Gasteiger partial charge in [-0.2, -0.15) is 0 Å². The summed E-state index contributed by atoms with van der Waals surface area (Å²) in [5, 5.41) is 6.06. The van der Waals surface area contributed by atoms with Crippen LogP contribution in [0.25, 0.3) is 0 Å². The highest BCUT2D eigenvalue weighted by molar-refractivity contribution is 5.78. The van der Waals surface area contributed by atoms with Gasteiger partial charge in [0, 0.05) is 26.2 Å². The third-order valence-electron chi connectivity index (χ3n) is 6.60. The zero-order valence-corrected chi connectivity index (χ0v) is 18.4. The molecule has 0 aromatic rings. The average Bonchev–Trinajstić information content (AvgIpc) is 2.68. The van der Waals surface area contributed by atoms with Gasteiger partial charge in [-0.3, -0.25) is 19.4 Å². The van der Waals surface area contributed by atoms with E-state index in [0.717, 1.165) is 30.4 Å². The highest BCUT2D eigenvalue weighted by Gasteiger charge is 2.39. The lowest BCUT2D eigenvalue weighted by Crippen LogP contribution is -2.42. The number of allylic oxidation sites excluding steroid dienone is 1. The maximum absolute atomic E-state index is 12.4. The largest absolute Gasteiger partial charge is 0.351 e. The quantitative estimate of drug-likeness (QED) is 0.657. The number of hydrogen-bond donors (Lipinski definition) is 2. The number of likely N-dealkylation sites (N-methyl/N-ethyl adjacent to an activating group) is 2. The molecule has 1 aliphatic heterocycles. The molecule has 1 heterocycles. The van der Waals surface area contributed by atoms with Gasteiger partial charge >= 0.3 is 0 Å². The normalized spacial score (nSPS) is 32.2. The molecule has 0 unspecified atom stereocenters. The number of rotatable bonds is 1. The molecule has 1 saturated carbocycles. The van der Waals surface area contributed by atoms with Crippen LogP contribution in [0, 0.1) is 17.3 Å². The van der Waals surface area contributed by atoms with Gasteiger partial charge in [-0.1, -0.05) is 37.3 Å². The van der Waals surface area contributed by atoms with Gasteiger partial charge in [-0.25, -0.2) is 0 Å². The highest BCUT2D eigenvalue weighted by Crippen LogP contribution is 2.48. The molecule has 0 radical (unpaired) electrons. The minimum absolute atomic E-state index is 0.00422. The van der Waals surface area contributed by atoms with Crippen molar-refractivity contribution in [3.8, 4) is 0 Å². The molecule has 162 valence electrons. The van der Waals surface area contributed by atoms with Crippen LogP contribution in [0.5, 0.6) is 0 Å². The van der Waals surface area contributed by atoms with E-state index < -0.39 is 0 Å². The Morgan fingerprint density at radius 1 is 1.00 bits per heavy atom. The van der Waals surface area contributed by atoms with Crippen molar-refractivity contribution in [1.82, 2.24) is 20.4 Å². The van der Waals surface area contributed by atoms with Gasteiger partial charge in [0.05, 0.1) is 13.1 Å². The van der Waals surface area contributed by atoms with Gasteiger partial charge in [-0.15, -0.1) is 6.58 Å². The molecule has 0 aromatic carbocycles. The minimum Gasteiger partial charge on any atom is -0.351 e. The summed E-state index contributed by atoms with van der Waals surface area (Å²) >= 11 is 0. The minimum atomic E-state index is -0.0374. The van der Waals surface area contributed by atoms with Crippen LogP contribution < -0.4 is 10.6 Å². The second-order valence-corrected chi connectivity index (χ2v) is 9.08. The van der Waals surface area contributed by atoms with Gasteiger partial charge in [0.1, 0.15) is 0 Å². The van der Waals surface area contributed by atoms with Crippen LogP contribution >= 0.6 is 0 Å². The van der Waals surface area contributed by atoms with E-state index in [9.17, 15) is 9.59 Å². The summed E-state index contributed by atoms with van der Waals surface area (Å²) in [6, 6.07) is 0. The molecule has 2 N–H and O–H groups in total. The number of fused-ring (bicyclic) bond motifs is 2. The Kier molecular flexibility index (Phi) is 8.23. The molecular formula is C23H38N4O2. The molecule has 1 aliphatic carbocycles. The Morgan fingerprint density at radius 2 is 1.52 bits per heavy atom. The molecule has 29 heavy (non-hydrogen) atoms. The molecule has 0 spiro atoms. The molecule has 6 nitrogen and oxygen atoms in total. The van der Waals surface area contributed by atoms with Crippen molar-refractivity contribution in [3.05, 3.63) is 37.0 Å². The smallest absolute Gasteiger partial charge is 0.234 e. The van der Waals surface area contributed by atoms with Crippen molar-refractivity contribution in [2.45, 2.75) is 26.2 Å². The van der Waals surface area contributed by atoms with Crippen molar-refractivity contribution < 1.29 is 9.59 Å². The van der Waals surface area contributed by atoms with Crippen molar-refractivity contribution in [2.75, 3.05) is 53.4 Å². The van der Waals surface area contributed by atoms with Crippen LogP contribution in [0.4, 0.5) is 0 Å². The summed E-state index contributed by atoms with van der Waals surface area (Å²) in [5.74, 6) is 0.563. The summed E-state index contributed by atoms with van der Waals surface area (Å²) in [5.41, 5.74) is 2.07. The van der Waals surface area contributed by atoms with Crippen LogP contribution in [0.15, 0.2) is 37.0 Å². The van der Waals surface area contributed by atoms with E-state index in [1.807, 2.05) is 30.0 Å². The van der Waals surface area contributed by atoms with Crippen LogP contribution in [0.3, 0.4) is 0 Å². The van der Waals surface area contributed by atoms with E-state index in [-0.39, 0.29) is 23.1 Å². The maximum atomic E-state index is 12.4. The fourth-order valence-electron chi connectivity index (χ4n) is 4.37. The lowest BCUT2D eigenvalue weighted by atomic mass is 9.61. The van der Waals surface area contributed by atoms with Crippen molar-refractivity contribution in [2.24, 2.45) is 17.3 Å². The topological polar surface area (TPSA) is 64.7 Å². The van der Waals surface area contributed by atoms with Crippen molar-refractivity contribution >= 4 is 11.8 Å². The van der Waals surface area contributed by atoms with Gasteiger partial charge < -0.3 is 10.6 Å². The van der Waals surface area contributed by atoms with E-state index in [4.69, 9.17) is 0 Å². The number of carbonyl (C=O) groups excluding carboxylic acids is 2. The lowest BCUT2D eigenvalue weighted by molar-refractivity contribution is -0.123. The number of nitrogens with one attached hydrogen (secondary N) is 2. The molecule has 1 saturated heterocycles. The highest BCUT2D eigenvalue weighted by atomic mass is 16.2. The third-order valence-corrected chi connectivity index (χ3v) is 6.60. The Labute approximate surface area is 176 Å². The first-order valence-electron chi connectivity index (χ1n) is 10.5. The molecule has 2 bridgehead atoms. The molecule has 2 amide bonds. The van der Waals surface area contributed by atoms with Gasteiger partial charge in [0.2, 0.25) is 11.8 Å². The molecule has 3 atom stereocenters. The predicted molar refractivity (Wildman–Crippen MR) is 118 cm³/mol. The second-order valence-electron chi connectivity index (χ2n) is 9.08. The summed E-state index contributed by atoms with van der Waals surface area (Å²) in [4.78, 5) is 28.6. The number of amides is 2. The monoisotopic (exact) mass is 402 g/mol. The summed E-state index contributed by atoms with van der Waals surface area (Å²) in [7, 11) is 3.84. The number of hydrogen-bond acceptors (Lipinski definition) is 4. The van der Waals surface area contributed by atoms with E-state index in [2.05, 4.69) is 37.3 Å². The predicted octanol–water partition coefficient (Wildman–Crippen LogP) is 1.82. The number of nitrogens with zero attached hydrogens (tertiary/aromatic N) is 2. The van der Waals surface area contributed by atoms with Crippen molar-refractivity contribution in [1.29, 1.82) is 0 Å². The summed E-state index contributed by atoms with van der Waals surface area (Å²) in [6.07, 6.45) is 4.98. The Hall–Kier alpha value is -1.92. The summed E-state index contributed by atoms with van der Waals surface area (Å²) in [6.45, 7) is 18.0. The first-order valence-corrected chi connectivity index (χ1v) is 10.5. The standard InChI is InChI=1S/C23H38N4O2/c1-7-23(4)9-8-19-12-20(23)18(3)14-25-22(29)16-27(6)11-10-26(5)15-21(28)24-13-17(19)2/h7,19-20H,1-3,8-16H2,4-6H3,(H,24,28)(H,25,29)/t19-,20+,23-/m1/s1. The van der Waals surface area contributed by atoms with E-state index in [1.54, 1.807) is 0 Å². The molecule has 6 heteroatoms. The maximum Gasteiger partial charge on any atom is 0.234 e. The van der Waals surface area contributed by atoms with E-state index in [1.165, 1.54) is 0 Å². The van der Waals surface area contributed by atoms with Gasteiger partial charge in [-0.05, 0) is 50.6 Å². The molecule has 2 fully saturated rings. The second kappa shape index (κ2) is 10.2. The van der Waals surface area contributed by atoms with Gasteiger partial charge in [0.25, 0.3) is 0 Å². The fourth-order valence-corrected chi connectivity index (χ4v) is 4.37. The summed E-state index contributed by atoms with van der Waals surface area (Å²) < 4.78 is 0. The number of carbonyl (C=O) groups is 2. The third kappa shape index (κ3) is 6.54. The van der Waals surface area contributed by atoms with Crippen LogP contribution in [-0.4, -0.2) is 75.0 Å². The average molecular weight is 403 g/mol. The molecule has 0 aromatic heterocycles. The van der Waals surface area contributed by atoms with Crippen LogP contribution in [0.1, 0.15) is 26.2 Å². The van der Waals surface area contributed by atoms with Crippen LogP contribution in [0.2, 0.25) is 0 Å². The van der Waals surface area contributed by atoms with Crippen molar-refractivity contribution in [3.63, 3.8) is 0 Å². The molecular weight excluding hydrogens is 364 g/mol. The first-order chi connectivity index (χ1) is 13.6. The molecule has 2 aliphatic rings. The lowest BCUT2D eigenvalue weighted by Gasteiger charge is -2.44. The Balaban J connectivity index is 2.17.